The minimum absolute atomic E-state index is 0.467. The van der Waals surface area contributed by atoms with E-state index in [4.69, 9.17) is 17.3 Å². The first-order valence-electron chi connectivity index (χ1n) is 8.74. The zero-order valence-corrected chi connectivity index (χ0v) is 17.0. The molecule has 0 aliphatic carbocycles. The van der Waals surface area contributed by atoms with Crippen LogP contribution in [0.15, 0.2) is 29.0 Å². The van der Waals surface area contributed by atoms with Crippen molar-refractivity contribution in [2.45, 2.75) is 45.9 Å². The van der Waals surface area contributed by atoms with Gasteiger partial charge >= 0.3 is 0 Å². The summed E-state index contributed by atoms with van der Waals surface area (Å²) < 4.78 is 4.97. The largest absolute Gasteiger partial charge is 0.300 e. The Morgan fingerprint density at radius 2 is 2.12 bits per heavy atom. The second-order valence-corrected chi connectivity index (χ2v) is 8.57. The molecule has 0 spiro atoms. The third kappa shape index (κ3) is 3.03. The molecule has 0 saturated carbocycles. The molecule has 3 aromatic rings. The van der Waals surface area contributed by atoms with Crippen molar-refractivity contribution in [3.63, 3.8) is 0 Å². The molecule has 0 unspecified atom stereocenters. The van der Waals surface area contributed by atoms with Crippen molar-refractivity contribution in [1.29, 1.82) is 0 Å². The number of nitrogens with zero attached hydrogens (tertiary/aromatic N) is 4. The average Bonchev–Trinajstić information content (AvgIpc) is 3.35. The number of rotatable bonds is 5. The van der Waals surface area contributed by atoms with Crippen LogP contribution < -0.4 is 0 Å². The lowest BCUT2D eigenvalue weighted by molar-refractivity contribution is 0.129. The van der Waals surface area contributed by atoms with Crippen LogP contribution in [0.3, 0.4) is 0 Å². The van der Waals surface area contributed by atoms with Crippen molar-refractivity contribution in [2.24, 2.45) is 0 Å². The molecule has 1 aliphatic heterocycles. The summed E-state index contributed by atoms with van der Waals surface area (Å²) in [6.07, 6.45) is 2.24. The van der Waals surface area contributed by atoms with E-state index in [-0.39, 0.29) is 0 Å². The van der Waals surface area contributed by atoms with Crippen LogP contribution in [0.25, 0.3) is 10.7 Å². The molecule has 4 nitrogen and oxygen atoms in total. The van der Waals surface area contributed by atoms with Gasteiger partial charge in [0.1, 0.15) is 0 Å². The highest BCUT2D eigenvalue weighted by Crippen LogP contribution is 2.35. The van der Waals surface area contributed by atoms with Gasteiger partial charge in [-0.3, -0.25) is 9.47 Å². The third-order valence-corrected chi connectivity index (χ3v) is 7.18. The van der Waals surface area contributed by atoms with Crippen molar-refractivity contribution in [3.05, 3.63) is 44.2 Å². The van der Waals surface area contributed by atoms with E-state index in [1.807, 2.05) is 16.0 Å². The van der Waals surface area contributed by atoms with Crippen LogP contribution in [-0.2, 0) is 19.6 Å². The Hall–Kier alpha value is -1.28. The Kier molecular flexibility index (Phi) is 4.90. The van der Waals surface area contributed by atoms with Gasteiger partial charge < -0.3 is 0 Å². The maximum atomic E-state index is 5.73. The maximum Gasteiger partial charge on any atom is 0.199 e. The van der Waals surface area contributed by atoms with E-state index in [9.17, 15) is 0 Å². The Morgan fingerprint density at radius 3 is 2.84 bits per heavy atom. The highest BCUT2D eigenvalue weighted by atomic mass is 32.1. The summed E-state index contributed by atoms with van der Waals surface area (Å²) in [5.41, 5.74) is 1.50. The Morgan fingerprint density at radius 1 is 1.24 bits per heavy atom. The Balaban J connectivity index is 1.66. The summed E-state index contributed by atoms with van der Waals surface area (Å²) in [5.74, 6) is 0.990. The molecule has 0 saturated heterocycles. The van der Waals surface area contributed by atoms with Gasteiger partial charge in [-0.2, -0.15) is 0 Å². The molecule has 25 heavy (non-hydrogen) atoms. The number of hydrogen-bond donors (Lipinski definition) is 0. The van der Waals surface area contributed by atoms with Crippen molar-refractivity contribution >= 4 is 34.9 Å². The van der Waals surface area contributed by atoms with Crippen molar-refractivity contribution in [1.82, 2.24) is 19.2 Å². The molecule has 0 radical (unpaired) electrons. The first-order chi connectivity index (χ1) is 12.2. The molecule has 4 rings (SSSR count). The number of aromatic nitrogens is 3. The predicted molar refractivity (Wildman–Crippen MR) is 108 cm³/mol. The maximum absolute atomic E-state index is 5.73. The van der Waals surface area contributed by atoms with E-state index in [1.54, 1.807) is 16.2 Å². The van der Waals surface area contributed by atoms with Crippen LogP contribution in [0.4, 0.5) is 0 Å². The van der Waals surface area contributed by atoms with Crippen LogP contribution in [0, 0.1) is 4.77 Å². The Labute approximate surface area is 161 Å². The summed E-state index contributed by atoms with van der Waals surface area (Å²) in [7, 11) is 0. The smallest absolute Gasteiger partial charge is 0.199 e. The molecule has 1 atom stereocenters. The minimum Gasteiger partial charge on any atom is -0.300 e. The van der Waals surface area contributed by atoms with Crippen molar-refractivity contribution in [2.75, 3.05) is 6.54 Å². The molecule has 0 bridgehead atoms. The molecule has 7 heteroatoms. The first kappa shape index (κ1) is 17.1. The number of hydrogen-bond acceptors (Lipinski definition) is 5. The van der Waals surface area contributed by atoms with E-state index in [0.29, 0.717) is 6.04 Å². The zero-order chi connectivity index (χ0) is 17.4. The van der Waals surface area contributed by atoms with Gasteiger partial charge in [-0.1, -0.05) is 13.0 Å². The highest BCUT2D eigenvalue weighted by Gasteiger charge is 2.27. The second-order valence-electron chi connectivity index (χ2n) is 6.25. The monoisotopic (exact) mass is 390 g/mol. The van der Waals surface area contributed by atoms with E-state index in [2.05, 4.69) is 52.3 Å². The molecular formula is C18H22N4S3. The summed E-state index contributed by atoms with van der Waals surface area (Å²) in [6.45, 7) is 7.08. The number of thiophene rings is 2. The zero-order valence-electron chi connectivity index (χ0n) is 14.5. The SMILES string of the molecule is CC[C@H]1c2ccsc2CCN1Cn1nc(-c2cccs2)n(CC)c1=S. The molecule has 1 aliphatic rings. The Bertz CT molecular complexity index is 903. The molecule has 132 valence electrons. The summed E-state index contributed by atoms with van der Waals surface area (Å²) in [5, 5.41) is 9.19. The quantitative estimate of drug-likeness (QED) is 0.561. The molecule has 4 heterocycles. The van der Waals surface area contributed by atoms with Gasteiger partial charge in [-0.05, 0) is 60.4 Å². The summed E-state index contributed by atoms with van der Waals surface area (Å²) in [6, 6.07) is 6.94. The van der Waals surface area contributed by atoms with Gasteiger partial charge in [0, 0.05) is 24.0 Å². The van der Waals surface area contributed by atoms with Gasteiger partial charge in [0.2, 0.25) is 0 Å². The van der Waals surface area contributed by atoms with Gasteiger partial charge in [-0.25, -0.2) is 4.68 Å². The molecule has 0 aromatic carbocycles. The molecule has 0 fully saturated rings. The molecule has 3 aromatic heterocycles. The highest BCUT2D eigenvalue weighted by molar-refractivity contribution is 7.71. The minimum atomic E-state index is 0.467. The third-order valence-electron chi connectivity index (χ3n) is 4.89. The lowest BCUT2D eigenvalue weighted by atomic mass is 9.98. The first-order valence-corrected chi connectivity index (χ1v) is 10.9. The van der Waals surface area contributed by atoms with Crippen LogP contribution >= 0.6 is 34.9 Å². The van der Waals surface area contributed by atoms with Crippen LogP contribution in [0.2, 0.25) is 0 Å². The lowest BCUT2D eigenvalue weighted by Crippen LogP contribution is -2.36. The van der Waals surface area contributed by atoms with E-state index in [1.165, 1.54) is 10.4 Å². The van der Waals surface area contributed by atoms with Crippen LogP contribution in [0.5, 0.6) is 0 Å². The fraction of sp³-hybridized carbons (Fsp3) is 0.444. The van der Waals surface area contributed by atoms with Gasteiger partial charge in [-0.15, -0.1) is 27.8 Å². The van der Waals surface area contributed by atoms with Gasteiger partial charge in [0.15, 0.2) is 10.6 Å². The fourth-order valence-corrected chi connectivity index (χ4v) is 5.63. The van der Waals surface area contributed by atoms with Gasteiger partial charge in [0.25, 0.3) is 0 Å². The van der Waals surface area contributed by atoms with E-state index >= 15 is 0 Å². The molecule has 0 amide bonds. The fourth-order valence-electron chi connectivity index (χ4n) is 3.67. The van der Waals surface area contributed by atoms with E-state index in [0.717, 1.165) is 43.2 Å². The van der Waals surface area contributed by atoms with Crippen LogP contribution in [0.1, 0.15) is 36.8 Å². The number of fused-ring (bicyclic) bond motifs is 1. The van der Waals surface area contributed by atoms with Crippen molar-refractivity contribution in [3.8, 4) is 10.7 Å². The van der Waals surface area contributed by atoms with E-state index < -0.39 is 0 Å². The van der Waals surface area contributed by atoms with Crippen molar-refractivity contribution < 1.29 is 0 Å². The topological polar surface area (TPSA) is 26.0 Å². The predicted octanol–water partition coefficient (Wildman–Crippen LogP) is 5.19. The normalized spacial score (nSPS) is 17.8. The van der Waals surface area contributed by atoms with Gasteiger partial charge in [0.05, 0.1) is 11.5 Å². The second kappa shape index (κ2) is 7.15. The van der Waals surface area contributed by atoms with Crippen LogP contribution in [-0.4, -0.2) is 25.8 Å². The average molecular weight is 391 g/mol. The summed E-state index contributed by atoms with van der Waals surface area (Å²) >= 11 is 9.34. The standard InChI is InChI=1S/C18H22N4S3/c1-3-14-13-8-11-25-15(13)7-9-20(14)12-22-18(23)21(4-2)17(19-22)16-6-5-10-24-16/h5-6,8,10-11,14H,3-4,7,9,12H2,1-2H3/t14-/m0/s1. The molecular weight excluding hydrogens is 368 g/mol. The summed E-state index contributed by atoms with van der Waals surface area (Å²) in [4.78, 5) is 5.25. The molecule has 0 N–H and O–H groups in total. The lowest BCUT2D eigenvalue weighted by Gasteiger charge is -2.35.